The smallest absolute Gasteiger partial charge is 0.144 e. The largest absolute Gasteiger partial charge is 0.372 e. The van der Waals surface area contributed by atoms with Gasteiger partial charge in [-0.05, 0) is 21.8 Å². The molecule has 0 aliphatic carbocycles. The van der Waals surface area contributed by atoms with Gasteiger partial charge in [-0.3, -0.25) is 0 Å². The molecule has 15 heavy (non-hydrogen) atoms. The van der Waals surface area contributed by atoms with E-state index in [9.17, 15) is 0 Å². The predicted octanol–water partition coefficient (Wildman–Crippen LogP) is 3.53. The summed E-state index contributed by atoms with van der Waals surface area (Å²) in [7, 11) is 1.88. The van der Waals surface area contributed by atoms with Crippen LogP contribution in [0.1, 0.15) is 51.0 Å². The summed E-state index contributed by atoms with van der Waals surface area (Å²) in [6.45, 7) is 8.48. The third-order valence-electron chi connectivity index (χ3n) is 2.19. The van der Waals surface area contributed by atoms with Crippen LogP contribution in [0.25, 0.3) is 0 Å². The van der Waals surface area contributed by atoms with Gasteiger partial charge in [0.15, 0.2) is 0 Å². The normalized spacial score (nSPS) is 11.2. The Morgan fingerprint density at radius 3 is 2.07 bits per heavy atom. The Labute approximate surface area is 99.8 Å². The molecule has 0 aromatic carbocycles. The third-order valence-corrected chi connectivity index (χ3v) is 2.98. The van der Waals surface area contributed by atoms with Crippen molar-refractivity contribution in [1.82, 2.24) is 9.97 Å². The Balaban J connectivity index is 3.32. The molecule has 0 saturated carbocycles. The van der Waals surface area contributed by atoms with Gasteiger partial charge in [0.1, 0.15) is 11.6 Å². The van der Waals surface area contributed by atoms with E-state index in [1.54, 1.807) is 0 Å². The number of nitrogens with one attached hydrogen (secondary N) is 1. The van der Waals surface area contributed by atoms with Gasteiger partial charge in [0.05, 0.1) is 10.2 Å². The van der Waals surface area contributed by atoms with Crippen LogP contribution < -0.4 is 5.32 Å². The van der Waals surface area contributed by atoms with Crippen LogP contribution in [0.2, 0.25) is 0 Å². The molecule has 3 nitrogen and oxygen atoms in total. The van der Waals surface area contributed by atoms with Crippen molar-refractivity contribution in [3.8, 4) is 0 Å². The maximum Gasteiger partial charge on any atom is 0.144 e. The van der Waals surface area contributed by atoms with E-state index >= 15 is 0 Å². The van der Waals surface area contributed by atoms with Gasteiger partial charge < -0.3 is 5.32 Å². The van der Waals surface area contributed by atoms with Crippen molar-refractivity contribution in [3.63, 3.8) is 0 Å². The van der Waals surface area contributed by atoms with Crippen LogP contribution in [-0.2, 0) is 0 Å². The van der Waals surface area contributed by atoms with E-state index in [-0.39, 0.29) is 0 Å². The van der Waals surface area contributed by atoms with Crippen molar-refractivity contribution in [3.05, 3.63) is 16.0 Å². The highest BCUT2D eigenvalue weighted by Gasteiger charge is 2.15. The first kappa shape index (κ1) is 12.4. The lowest BCUT2D eigenvalue weighted by molar-refractivity contribution is 0.726. The fourth-order valence-corrected chi connectivity index (χ4v) is 2.12. The Morgan fingerprint density at radius 2 is 1.67 bits per heavy atom. The molecule has 1 aromatic heterocycles. The van der Waals surface area contributed by atoms with Gasteiger partial charge in [0.2, 0.25) is 0 Å². The van der Waals surface area contributed by atoms with Crippen LogP contribution in [0.3, 0.4) is 0 Å². The van der Waals surface area contributed by atoms with Gasteiger partial charge in [-0.25, -0.2) is 9.97 Å². The summed E-state index contributed by atoms with van der Waals surface area (Å²) in [5.74, 6) is 2.51. The van der Waals surface area contributed by atoms with Crippen LogP contribution >= 0.6 is 15.9 Å². The minimum Gasteiger partial charge on any atom is -0.372 e. The highest BCUT2D eigenvalue weighted by molar-refractivity contribution is 9.10. The van der Waals surface area contributed by atoms with Crippen molar-refractivity contribution in [2.24, 2.45) is 0 Å². The number of hydrogen-bond acceptors (Lipinski definition) is 3. The first-order chi connectivity index (χ1) is 6.97. The summed E-state index contributed by atoms with van der Waals surface area (Å²) >= 11 is 3.54. The highest BCUT2D eigenvalue weighted by Crippen LogP contribution is 2.29. The second-order valence-electron chi connectivity index (χ2n) is 4.19. The molecule has 0 fully saturated rings. The molecule has 4 heteroatoms. The van der Waals surface area contributed by atoms with Crippen LogP contribution in [0.15, 0.2) is 4.47 Å². The Morgan fingerprint density at radius 1 is 1.07 bits per heavy atom. The average Bonchev–Trinajstić information content (AvgIpc) is 2.17. The molecule has 0 saturated heterocycles. The molecule has 0 aliphatic rings. The van der Waals surface area contributed by atoms with E-state index in [2.05, 4.69) is 58.9 Å². The fraction of sp³-hybridized carbons (Fsp3) is 0.636. The molecule has 0 unspecified atom stereocenters. The third kappa shape index (κ3) is 2.68. The summed E-state index contributed by atoms with van der Waals surface area (Å²) < 4.78 is 0.976. The molecule has 1 N–H and O–H groups in total. The second kappa shape index (κ2) is 4.92. The standard InChI is InChI=1S/C11H18BrN3/c1-6(2)9-8(12)11(13-5)15-10(14-9)7(3)4/h6-7H,1-5H3,(H,13,14,15). The highest BCUT2D eigenvalue weighted by atomic mass is 79.9. The molecule has 1 heterocycles. The lowest BCUT2D eigenvalue weighted by Gasteiger charge is -2.14. The molecule has 1 aromatic rings. The summed E-state index contributed by atoms with van der Waals surface area (Å²) in [4.78, 5) is 9.05. The predicted molar refractivity (Wildman–Crippen MR) is 67.5 cm³/mol. The van der Waals surface area contributed by atoms with Gasteiger partial charge in [0, 0.05) is 13.0 Å². The van der Waals surface area contributed by atoms with Crippen LogP contribution in [-0.4, -0.2) is 17.0 Å². The number of rotatable bonds is 3. The fourth-order valence-electron chi connectivity index (χ4n) is 1.29. The zero-order chi connectivity index (χ0) is 11.6. The topological polar surface area (TPSA) is 37.8 Å². The van der Waals surface area contributed by atoms with Gasteiger partial charge in [-0.2, -0.15) is 0 Å². The minimum atomic E-state index is 0.350. The van der Waals surface area contributed by atoms with E-state index < -0.39 is 0 Å². The monoisotopic (exact) mass is 271 g/mol. The van der Waals surface area contributed by atoms with E-state index in [1.807, 2.05) is 7.05 Å². The van der Waals surface area contributed by atoms with Crippen LogP contribution in [0.4, 0.5) is 5.82 Å². The molecule has 1 rings (SSSR count). The first-order valence-corrected chi connectivity index (χ1v) is 6.01. The molecule has 0 atom stereocenters. The summed E-state index contributed by atoms with van der Waals surface area (Å²) in [6, 6.07) is 0. The van der Waals surface area contributed by atoms with Crippen molar-refractivity contribution in [2.75, 3.05) is 12.4 Å². The molecule has 0 radical (unpaired) electrons. The van der Waals surface area contributed by atoms with Crippen molar-refractivity contribution in [1.29, 1.82) is 0 Å². The van der Waals surface area contributed by atoms with Gasteiger partial charge >= 0.3 is 0 Å². The Hall–Kier alpha value is -0.640. The average molecular weight is 272 g/mol. The van der Waals surface area contributed by atoms with Gasteiger partial charge in [0.25, 0.3) is 0 Å². The lowest BCUT2D eigenvalue weighted by Crippen LogP contribution is -2.07. The van der Waals surface area contributed by atoms with E-state index in [0.717, 1.165) is 21.8 Å². The van der Waals surface area contributed by atoms with Crippen LogP contribution in [0.5, 0.6) is 0 Å². The molecule has 84 valence electrons. The maximum atomic E-state index is 4.58. The lowest BCUT2D eigenvalue weighted by atomic mass is 10.1. The number of aromatic nitrogens is 2. The maximum absolute atomic E-state index is 4.58. The minimum absolute atomic E-state index is 0.350. The second-order valence-corrected chi connectivity index (χ2v) is 4.98. The number of hydrogen-bond donors (Lipinski definition) is 1. The zero-order valence-electron chi connectivity index (χ0n) is 9.93. The molecular formula is C11H18BrN3. The molecule has 0 bridgehead atoms. The summed E-state index contributed by atoms with van der Waals surface area (Å²) in [5.41, 5.74) is 1.07. The SMILES string of the molecule is CNc1nc(C(C)C)nc(C(C)C)c1Br. The Kier molecular flexibility index (Phi) is 4.08. The van der Waals surface area contributed by atoms with E-state index in [1.165, 1.54) is 0 Å². The van der Waals surface area contributed by atoms with Crippen LogP contribution in [0, 0.1) is 0 Å². The summed E-state index contributed by atoms with van der Waals surface area (Å²) in [5, 5.41) is 3.09. The number of nitrogens with zero attached hydrogens (tertiary/aromatic N) is 2. The Bertz CT molecular complexity index is 348. The zero-order valence-corrected chi connectivity index (χ0v) is 11.5. The molecule has 0 spiro atoms. The molecule has 0 amide bonds. The van der Waals surface area contributed by atoms with E-state index in [4.69, 9.17) is 0 Å². The number of halogens is 1. The summed E-state index contributed by atoms with van der Waals surface area (Å²) in [6.07, 6.45) is 0. The number of anilines is 1. The first-order valence-electron chi connectivity index (χ1n) is 5.22. The van der Waals surface area contributed by atoms with E-state index in [0.29, 0.717) is 11.8 Å². The van der Waals surface area contributed by atoms with Gasteiger partial charge in [-0.1, -0.05) is 27.7 Å². The van der Waals surface area contributed by atoms with Crippen molar-refractivity contribution >= 4 is 21.7 Å². The molecular weight excluding hydrogens is 254 g/mol. The van der Waals surface area contributed by atoms with Crippen molar-refractivity contribution in [2.45, 2.75) is 39.5 Å². The van der Waals surface area contributed by atoms with Crippen molar-refractivity contribution < 1.29 is 0 Å². The quantitative estimate of drug-likeness (QED) is 0.914. The molecule has 0 aliphatic heterocycles. The van der Waals surface area contributed by atoms with Gasteiger partial charge in [-0.15, -0.1) is 0 Å².